The monoisotopic (exact) mass is 443 g/mol. The molecule has 3 aromatic rings. The average molecular weight is 444 g/mol. The van der Waals surface area contributed by atoms with Crippen LogP contribution < -0.4 is 10.2 Å². The summed E-state index contributed by atoms with van der Waals surface area (Å²) in [5.41, 5.74) is 3.29. The van der Waals surface area contributed by atoms with Gasteiger partial charge in [0, 0.05) is 36.1 Å². The van der Waals surface area contributed by atoms with E-state index in [1.807, 2.05) is 47.7 Å². The van der Waals surface area contributed by atoms with Crippen LogP contribution in [0, 0.1) is 0 Å². The molecule has 1 heterocycles. The van der Waals surface area contributed by atoms with Crippen molar-refractivity contribution in [3.05, 3.63) is 81.3 Å². The summed E-state index contributed by atoms with van der Waals surface area (Å²) >= 11 is 7.45. The number of nitrogens with one attached hydrogen (secondary N) is 1. The van der Waals surface area contributed by atoms with Gasteiger partial charge >= 0.3 is 5.97 Å². The van der Waals surface area contributed by atoms with Gasteiger partial charge in [0.1, 0.15) is 0 Å². The third-order valence-electron chi connectivity index (χ3n) is 4.40. The molecule has 0 aliphatic heterocycles. The predicted molar refractivity (Wildman–Crippen MR) is 119 cm³/mol. The Morgan fingerprint density at radius 2 is 1.93 bits per heavy atom. The Labute approximate surface area is 184 Å². The molecule has 0 spiro atoms. The van der Waals surface area contributed by atoms with E-state index >= 15 is 0 Å². The number of anilines is 1. The van der Waals surface area contributed by atoms with Crippen molar-refractivity contribution in [2.45, 2.75) is 19.5 Å². The minimum Gasteiger partial charge on any atom is -0.469 e. The lowest BCUT2D eigenvalue weighted by molar-refractivity contribution is -0.139. The average Bonchev–Trinajstić information content (AvgIpc) is 3.21. The van der Waals surface area contributed by atoms with Crippen LogP contribution in [0.4, 0.5) is 5.13 Å². The number of esters is 1. The first-order valence-corrected chi connectivity index (χ1v) is 10.5. The van der Waals surface area contributed by atoms with Gasteiger partial charge in [0.2, 0.25) is 0 Å². The number of nitrogens with zero attached hydrogens (tertiary/aromatic N) is 2. The number of hydrogen-bond donors (Lipinski definition) is 1. The Hall–Kier alpha value is -2.90. The fourth-order valence-corrected chi connectivity index (χ4v) is 3.81. The van der Waals surface area contributed by atoms with Crippen LogP contribution in [-0.4, -0.2) is 31.0 Å². The number of thiazole rings is 1. The molecule has 1 aromatic heterocycles. The highest BCUT2D eigenvalue weighted by molar-refractivity contribution is 7.13. The molecular weight excluding hydrogens is 422 g/mol. The predicted octanol–water partition coefficient (Wildman–Crippen LogP) is 4.08. The van der Waals surface area contributed by atoms with Crippen LogP contribution in [0.15, 0.2) is 53.9 Å². The van der Waals surface area contributed by atoms with Crippen LogP contribution in [0.3, 0.4) is 0 Å². The van der Waals surface area contributed by atoms with Gasteiger partial charge in [0.25, 0.3) is 5.91 Å². The van der Waals surface area contributed by atoms with Crippen LogP contribution in [0.5, 0.6) is 0 Å². The van der Waals surface area contributed by atoms with Crippen molar-refractivity contribution >= 4 is 39.9 Å². The number of halogens is 1. The Kier molecular flexibility index (Phi) is 7.43. The van der Waals surface area contributed by atoms with Crippen molar-refractivity contribution in [2.75, 3.05) is 19.1 Å². The summed E-state index contributed by atoms with van der Waals surface area (Å²) in [5.74, 6) is -0.444. The van der Waals surface area contributed by atoms with Crippen molar-refractivity contribution in [3.8, 4) is 0 Å². The number of hydrogen-bond acceptors (Lipinski definition) is 6. The summed E-state index contributed by atoms with van der Waals surface area (Å²) in [6.07, 6.45) is 0.167. The van der Waals surface area contributed by atoms with Gasteiger partial charge in [-0.25, -0.2) is 4.98 Å². The normalized spacial score (nSPS) is 10.5. The van der Waals surface area contributed by atoms with Gasteiger partial charge in [-0.1, -0.05) is 35.9 Å². The fourth-order valence-electron chi connectivity index (χ4n) is 2.81. The van der Waals surface area contributed by atoms with E-state index in [1.165, 1.54) is 18.4 Å². The molecule has 3 rings (SSSR count). The lowest BCUT2D eigenvalue weighted by Gasteiger charge is -2.16. The van der Waals surface area contributed by atoms with E-state index in [0.717, 1.165) is 16.3 Å². The second kappa shape index (κ2) is 10.2. The molecule has 0 aliphatic carbocycles. The van der Waals surface area contributed by atoms with E-state index < -0.39 is 0 Å². The summed E-state index contributed by atoms with van der Waals surface area (Å²) < 4.78 is 4.67. The molecule has 1 N–H and O–H groups in total. The molecule has 30 heavy (non-hydrogen) atoms. The Bertz CT molecular complexity index is 1020. The highest BCUT2D eigenvalue weighted by Crippen LogP contribution is 2.22. The van der Waals surface area contributed by atoms with Crippen molar-refractivity contribution in [1.29, 1.82) is 0 Å². The molecule has 0 saturated carbocycles. The number of ether oxygens (including phenoxy) is 1. The summed E-state index contributed by atoms with van der Waals surface area (Å²) in [6.45, 7) is 1.05. The SMILES string of the molecule is COC(=O)Cc1csc(N(C)Cc2ccc(C(=O)NCc3cccc(Cl)c3)cc2)n1. The number of rotatable bonds is 8. The van der Waals surface area contributed by atoms with Gasteiger partial charge in [-0.2, -0.15) is 0 Å². The van der Waals surface area contributed by atoms with E-state index in [4.69, 9.17) is 11.6 Å². The van der Waals surface area contributed by atoms with Crippen LogP contribution >= 0.6 is 22.9 Å². The molecular formula is C22H22ClN3O3S. The van der Waals surface area contributed by atoms with Crippen LogP contribution in [0.1, 0.15) is 27.2 Å². The minimum absolute atomic E-state index is 0.137. The van der Waals surface area contributed by atoms with Gasteiger partial charge in [-0.05, 0) is 35.4 Å². The van der Waals surface area contributed by atoms with Crippen LogP contribution in [-0.2, 0) is 29.0 Å². The van der Waals surface area contributed by atoms with Crippen molar-refractivity contribution in [2.24, 2.45) is 0 Å². The molecule has 0 unspecified atom stereocenters. The van der Waals surface area contributed by atoms with Crippen molar-refractivity contribution < 1.29 is 14.3 Å². The maximum absolute atomic E-state index is 12.4. The van der Waals surface area contributed by atoms with E-state index in [0.29, 0.717) is 29.4 Å². The van der Waals surface area contributed by atoms with Gasteiger partial charge in [-0.3, -0.25) is 9.59 Å². The first kappa shape index (κ1) is 21.8. The van der Waals surface area contributed by atoms with E-state index in [-0.39, 0.29) is 18.3 Å². The van der Waals surface area contributed by atoms with Crippen molar-refractivity contribution in [3.63, 3.8) is 0 Å². The highest BCUT2D eigenvalue weighted by Gasteiger charge is 2.12. The fraction of sp³-hybridized carbons (Fsp3) is 0.227. The van der Waals surface area contributed by atoms with Gasteiger partial charge in [-0.15, -0.1) is 11.3 Å². The summed E-state index contributed by atoms with van der Waals surface area (Å²) in [4.78, 5) is 30.2. The largest absolute Gasteiger partial charge is 0.469 e. The van der Waals surface area contributed by atoms with E-state index in [2.05, 4.69) is 15.0 Å². The van der Waals surface area contributed by atoms with Gasteiger partial charge in [0.15, 0.2) is 5.13 Å². The Balaban J connectivity index is 1.54. The Morgan fingerprint density at radius 1 is 1.17 bits per heavy atom. The minimum atomic E-state index is -0.307. The number of benzene rings is 2. The first-order chi connectivity index (χ1) is 14.4. The zero-order valence-electron chi connectivity index (χ0n) is 16.7. The van der Waals surface area contributed by atoms with Gasteiger partial charge in [0.05, 0.1) is 19.2 Å². The molecule has 2 aromatic carbocycles. The molecule has 8 heteroatoms. The highest BCUT2D eigenvalue weighted by atomic mass is 35.5. The maximum atomic E-state index is 12.4. The third kappa shape index (κ3) is 6.05. The quantitative estimate of drug-likeness (QED) is 0.531. The Morgan fingerprint density at radius 3 is 2.63 bits per heavy atom. The summed E-state index contributed by atoms with van der Waals surface area (Å²) in [5, 5.41) is 6.22. The third-order valence-corrected chi connectivity index (χ3v) is 5.64. The molecule has 1 amide bonds. The zero-order valence-corrected chi connectivity index (χ0v) is 18.3. The maximum Gasteiger partial charge on any atom is 0.311 e. The number of carbonyl (C=O) groups excluding carboxylic acids is 2. The van der Waals surface area contributed by atoms with Crippen LogP contribution in [0.25, 0.3) is 0 Å². The lowest BCUT2D eigenvalue weighted by atomic mass is 10.1. The standard InChI is InChI=1S/C22H22ClN3O3S/c1-26(22-25-19(14-30-22)11-20(27)29-2)13-15-6-8-17(9-7-15)21(28)24-12-16-4-3-5-18(23)10-16/h3-10,14H,11-13H2,1-2H3,(H,24,28). The van der Waals surface area contributed by atoms with Crippen LogP contribution in [0.2, 0.25) is 5.02 Å². The second-order valence-corrected chi connectivity index (χ2v) is 8.01. The molecule has 0 bridgehead atoms. The molecule has 0 aliphatic rings. The topological polar surface area (TPSA) is 71.5 Å². The second-order valence-electron chi connectivity index (χ2n) is 6.74. The first-order valence-electron chi connectivity index (χ1n) is 9.28. The van der Waals surface area contributed by atoms with Gasteiger partial charge < -0.3 is 15.0 Å². The number of methoxy groups -OCH3 is 1. The van der Waals surface area contributed by atoms with E-state index in [9.17, 15) is 9.59 Å². The molecule has 156 valence electrons. The molecule has 6 nitrogen and oxygen atoms in total. The summed E-state index contributed by atoms with van der Waals surface area (Å²) in [6, 6.07) is 14.9. The number of aromatic nitrogens is 1. The number of amides is 1. The summed E-state index contributed by atoms with van der Waals surface area (Å²) in [7, 11) is 3.30. The molecule has 0 radical (unpaired) electrons. The molecule has 0 atom stereocenters. The van der Waals surface area contributed by atoms with Crippen molar-refractivity contribution in [1.82, 2.24) is 10.3 Å². The smallest absolute Gasteiger partial charge is 0.311 e. The number of carbonyl (C=O) groups is 2. The molecule has 0 fully saturated rings. The molecule has 0 saturated heterocycles. The van der Waals surface area contributed by atoms with E-state index in [1.54, 1.807) is 18.2 Å². The zero-order chi connectivity index (χ0) is 21.5. The lowest BCUT2D eigenvalue weighted by Crippen LogP contribution is -2.23.